The summed E-state index contributed by atoms with van der Waals surface area (Å²) in [6.07, 6.45) is 4.45. The molecule has 3 saturated carbocycles. The summed E-state index contributed by atoms with van der Waals surface area (Å²) in [5, 5.41) is 0. The number of carbonyl (C=O) groups excluding carboxylic acids is 4. The van der Waals surface area contributed by atoms with Gasteiger partial charge >= 0.3 is 11.9 Å². The van der Waals surface area contributed by atoms with Crippen LogP contribution in [-0.4, -0.2) is 36.7 Å². The van der Waals surface area contributed by atoms with Gasteiger partial charge in [0, 0.05) is 11.1 Å². The highest BCUT2D eigenvalue weighted by molar-refractivity contribution is 5.96. The Morgan fingerprint density at radius 1 is 0.611 bits per heavy atom. The first-order chi connectivity index (χ1) is 17.3. The number of rotatable bonds is 8. The Kier molecular flexibility index (Phi) is 6.78. The van der Waals surface area contributed by atoms with Gasteiger partial charge in [-0.1, -0.05) is 24.3 Å². The molecule has 6 nitrogen and oxygen atoms in total. The number of hydrogen-bond acceptors (Lipinski definition) is 6. The second-order valence-electron chi connectivity index (χ2n) is 10.8. The molecule has 3 aliphatic rings. The van der Waals surface area contributed by atoms with Crippen molar-refractivity contribution in [2.24, 2.45) is 35.5 Å². The van der Waals surface area contributed by atoms with E-state index < -0.39 is 0 Å². The topological polar surface area (TPSA) is 86.7 Å². The lowest BCUT2D eigenvalue weighted by atomic mass is 9.76. The van der Waals surface area contributed by atoms with E-state index in [0.29, 0.717) is 71.0 Å². The maximum absolute atomic E-state index is 12.5. The molecule has 3 fully saturated rings. The molecule has 0 heterocycles. The average molecular weight is 489 g/mol. The van der Waals surface area contributed by atoms with Crippen molar-refractivity contribution >= 4 is 23.5 Å². The molecule has 6 unspecified atom stereocenters. The minimum absolute atomic E-state index is 0.0283. The summed E-state index contributed by atoms with van der Waals surface area (Å²) in [5.41, 5.74) is 2.10. The predicted molar refractivity (Wildman–Crippen MR) is 133 cm³/mol. The maximum atomic E-state index is 12.5. The Bertz CT molecular complexity index is 1160. The lowest BCUT2D eigenvalue weighted by molar-refractivity contribution is 0.0335. The second-order valence-corrected chi connectivity index (χ2v) is 10.8. The van der Waals surface area contributed by atoms with Gasteiger partial charge in [-0.25, -0.2) is 9.59 Å². The number of esters is 2. The first kappa shape index (κ1) is 24.4. The summed E-state index contributed by atoms with van der Waals surface area (Å²) in [4.78, 5) is 47.8. The summed E-state index contributed by atoms with van der Waals surface area (Å²) in [5.74, 6) is 2.54. The van der Waals surface area contributed by atoms with Crippen LogP contribution in [0.25, 0.3) is 0 Å². The van der Waals surface area contributed by atoms with E-state index in [4.69, 9.17) is 9.47 Å². The Balaban J connectivity index is 1.10. The molecule has 0 N–H and O–H groups in total. The molecule has 0 aromatic heterocycles. The van der Waals surface area contributed by atoms with Crippen LogP contribution in [0.5, 0.6) is 0 Å². The van der Waals surface area contributed by atoms with E-state index in [9.17, 15) is 19.2 Å². The summed E-state index contributed by atoms with van der Waals surface area (Å²) in [6.45, 7) is 3.87. The van der Waals surface area contributed by atoms with Crippen molar-refractivity contribution < 1.29 is 28.7 Å². The monoisotopic (exact) mass is 488 g/mol. The maximum Gasteiger partial charge on any atom is 0.338 e. The molecule has 5 rings (SSSR count). The van der Waals surface area contributed by atoms with Gasteiger partial charge in [-0.15, -0.1) is 0 Å². The number of benzene rings is 2. The summed E-state index contributed by atoms with van der Waals surface area (Å²) in [7, 11) is 0. The number of Topliss-reactive ketones (excluding diaryl/α,β-unsaturated/α-hetero) is 2. The van der Waals surface area contributed by atoms with Gasteiger partial charge < -0.3 is 9.47 Å². The van der Waals surface area contributed by atoms with Crippen LogP contribution in [0.4, 0.5) is 0 Å². The number of carbonyl (C=O) groups is 4. The molecule has 0 amide bonds. The zero-order valence-corrected chi connectivity index (χ0v) is 20.8. The van der Waals surface area contributed by atoms with Gasteiger partial charge in [0.1, 0.15) is 0 Å². The first-order valence-electron chi connectivity index (χ1n) is 12.9. The van der Waals surface area contributed by atoms with E-state index in [1.54, 1.807) is 48.5 Å². The third kappa shape index (κ3) is 4.86. The van der Waals surface area contributed by atoms with Crippen LogP contribution in [0.3, 0.4) is 0 Å². The molecule has 0 radical (unpaired) electrons. The van der Waals surface area contributed by atoms with Crippen LogP contribution in [0.2, 0.25) is 0 Å². The highest BCUT2D eigenvalue weighted by atomic mass is 16.5. The molecular weight excluding hydrogens is 456 g/mol. The average Bonchev–Trinajstić information content (AvgIpc) is 3.58. The SMILES string of the molecule is CC(=O)c1ccc(C(=O)OCC2CC3C4CC(COC(=O)c5ccc(C(C)=O)cc5)C(C4)C3C2)cc1. The molecule has 2 bridgehead atoms. The van der Waals surface area contributed by atoms with Crippen LogP contribution in [0, 0.1) is 35.5 Å². The number of ether oxygens (including phenoxy) is 2. The highest BCUT2D eigenvalue weighted by Crippen LogP contribution is 2.62. The number of fused-ring (bicyclic) bond motifs is 5. The van der Waals surface area contributed by atoms with E-state index in [1.165, 1.54) is 20.3 Å². The quantitative estimate of drug-likeness (QED) is 0.365. The standard InChI is InChI=1S/C30H32O6/c1-17(31)20-3-7-22(8-4-20)29(33)35-15-19-11-26-24-13-25(27(14-24)28(26)12-19)16-36-30(34)23-9-5-21(6-10-23)18(2)32/h3-10,19,24-28H,11-16H2,1-2H3. The van der Waals surface area contributed by atoms with Gasteiger partial charge in [-0.3, -0.25) is 9.59 Å². The first-order valence-corrected chi connectivity index (χ1v) is 12.9. The van der Waals surface area contributed by atoms with Gasteiger partial charge in [-0.2, -0.15) is 0 Å². The van der Waals surface area contributed by atoms with Crippen molar-refractivity contribution in [3.8, 4) is 0 Å². The van der Waals surface area contributed by atoms with Crippen LogP contribution in [0.15, 0.2) is 48.5 Å². The molecule has 6 heteroatoms. The fourth-order valence-corrected chi connectivity index (χ4v) is 6.88. The summed E-state index contributed by atoms with van der Waals surface area (Å²) >= 11 is 0. The van der Waals surface area contributed by atoms with Crippen LogP contribution >= 0.6 is 0 Å². The molecule has 6 atom stereocenters. The Labute approximate surface area is 211 Å². The van der Waals surface area contributed by atoms with Crippen molar-refractivity contribution in [3.05, 3.63) is 70.8 Å². The zero-order valence-electron chi connectivity index (χ0n) is 20.8. The normalized spacial score (nSPS) is 27.9. The summed E-state index contributed by atoms with van der Waals surface area (Å²) in [6, 6.07) is 13.2. The molecule has 3 aliphatic carbocycles. The molecule has 0 spiro atoms. The fraction of sp³-hybridized carbons (Fsp3) is 0.467. The van der Waals surface area contributed by atoms with E-state index in [2.05, 4.69) is 0 Å². The van der Waals surface area contributed by atoms with E-state index >= 15 is 0 Å². The van der Waals surface area contributed by atoms with E-state index in [1.807, 2.05) is 0 Å². The highest BCUT2D eigenvalue weighted by Gasteiger charge is 2.56. The van der Waals surface area contributed by atoms with Gasteiger partial charge in [0.15, 0.2) is 11.6 Å². The molecule has 36 heavy (non-hydrogen) atoms. The van der Waals surface area contributed by atoms with Crippen molar-refractivity contribution in [2.75, 3.05) is 13.2 Å². The van der Waals surface area contributed by atoms with Gasteiger partial charge in [0.2, 0.25) is 0 Å². The molecular formula is C30H32O6. The molecule has 2 aromatic rings. The van der Waals surface area contributed by atoms with Crippen molar-refractivity contribution in [1.82, 2.24) is 0 Å². The number of ketones is 2. The zero-order chi connectivity index (χ0) is 25.4. The largest absolute Gasteiger partial charge is 0.462 e. The third-order valence-corrected chi connectivity index (χ3v) is 8.64. The summed E-state index contributed by atoms with van der Waals surface area (Å²) < 4.78 is 11.3. The van der Waals surface area contributed by atoms with Gasteiger partial charge in [0.05, 0.1) is 24.3 Å². The van der Waals surface area contributed by atoms with Gasteiger partial charge in [-0.05, 0) is 99.3 Å². The number of hydrogen-bond donors (Lipinski definition) is 0. The van der Waals surface area contributed by atoms with Gasteiger partial charge in [0.25, 0.3) is 0 Å². The fourth-order valence-electron chi connectivity index (χ4n) is 6.88. The van der Waals surface area contributed by atoms with E-state index in [0.717, 1.165) is 19.3 Å². The second kappa shape index (κ2) is 10.00. The van der Waals surface area contributed by atoms with E-state index in [-0.39, 0.29) is 23.5 Å². The minimum atomic E-state index is -0.341. The molecule has 0 aliphatic heterocycles. The lowest BCUT2D eigenvalue weighted by Gasteiger charge is -2.31. The van der Waals surface area contributed by atoms with Crippen molar-refractivity contribution in [3.63, 3.8) is 0 Å². The lowest BCUT2D eigenvalue weighted by Crippen LogP contribution is -2.28. The van der Waals surface area contributed by atoms with Crippen LogP contribution in [-0.2, 0) is 9.47 Å². The molecule has 2 aromatic carbocycles. The predicted octanol–water partition coefficient (Wildman–Crippen LogP) is 5.40. The molecule has 0 saturated heterocycles. The molecule has 188 valence electrons. The van der Waals surface area contributed by atoms with Crippen LogP contribution in [0.1, 0.15) is 81.0 Å². The Morgan fingerprint density at radius 3 is 1.61 bits per heavy atom. The third-order valence-electron chi connectivity index (χ3n) is 8.64. The Hall–Kier alpha value is -3.28. The van der Waals surface area contributed by atoms with Crippen molar-refractivity contribution in [1.29, 1.82) is 0 Å². The Morgan fingerprint density at radius 2 is 1.08 bits per heavy atom. The smallest absolute Gasteiger partial charge is 0.338 e. The van der Waals surface area contributed by atoms with Crippen molar-refractivity contribution in [2.45, 2.75) is 39.5 Å². The van der Waals surface area contributed by atoms with Crippen LogP contribution < -0.4 is 0 Å². The minimum Gasteiger partial charge on any atom is -0.462 e.